The van der Waals surface area contributed by atoms with Crippen molar-refractivity contribution in [1.29, 1.82) is 0 Å². The summed E-state index contributed by atoms with van der Waals surface area (Å²) in [6.45, 7) is 1.43. The quantitative estimate of drug-likeness (QED) is 0.127. The molecule has 1 aliphatic rings. The van der Waals surface area contributed by atoms with E-state index in [1.165, 1.54) is 31.2 Å². The molecule has 2 N–H and O–H groups in total. The van der Waals surface area contributed by atoms with Crippen molar-refractivity contribution < 1.29 is 29.1 Å². The van der Waals surface area contributed by atoms with Crippen LogP contribution in [0, 0.1) is 22.0 Å². The van der Waals surface area contributed by atoms with Gasteiger partial charge in [0.2, 0.25) is 0 Å². The molecule has 0 amide bonds. The number of carbonyl (C=O) groups excluding carboxylic acids is 2. The van der Waals surface area contributed by atoms with Crippen LogP contribution >= 0.6 is 0 Å². The molecule has 0 saturated heterocycles. The van der Waals surface area contributed by atoms with Gasteiger partial charge in [0.25, 0.3) is 5.69 Å². The number of anilines is 1. The Hall–Kier alpha value is -5.35. The van der Waals surface area contributed by atoms with Crippen LogP contribution in [0.1, 0.15) is 36.0 Å². The van der Waals surface area contributed by atoms with E-state index in [9.17, 15) is 24.8 Å². The molecule has 0 unspecified atom stereocenters. The Kier molecular flexibility index (Phi) is 9.64. The Labute approximate surface area is 260 Å². The van der Waals surface area contributed by atoms with Gasteiger partial charge >= 0.3 is 11.9 Å². The number of rotatable bonds is 10. The van der Waals surface area contributed by atoms with E-state index in [1.807, 2.05) is 78.9 Å². The van der Waals surface area contributed by atoms with Crippen LogP contribution in [0.3, 0.4) is 0 Å². The minimum absolute atomic E-state index is 0.0257. The Balaban J connectivity index is 1.57. The van der Waals surface area contributed by atoms with Crippen LogP contribution < -0.4 is 5.43 Å². The van der Waals surface area contributed by atoms with Crippen molar-refractivity contribution in [1.82, 2.24) is 0 Å². The van der Waals surface area contributed by atoms with Gasteiger partial charge in [0, 0.05) is 24.5 Å². The number of aliphatic hydroxyl groups is 1. The monoisotopic (exact) mass is 607 g/mol. The van der Waals surface area contributed by atoms with E-state index < -0.39 is 40.2 Å². The summed E-state index contributed by atoms with van der Waals surface area (Å²) in [5, 5.41) is 27.9. The molecule has 0 aromatic heterocycles. The molecule has 4 aromatic carbocycles. The number of hydrogen-bond donors (Lipinski definition) is 2. The zero-order chi connectivity index (χ0) is 31.8. The SMILES string of the molecule is C[C@@]1(O)C/C(=N/Nc2ccccc2)[C@H](C(=O)OCc2ccccc2)[C@H](c2ccc([N+](=O)[O-])cc2)[C@@H]1C(=O)OCc1ccccc1. The fourth-order valence-corrected chi connectivity index (χ4v) is 5.65. The maximum absolute atomic E-state index is 14.0. The van der Waals surface area contributed by atoms with Crippen LogP contribution in [0.4, 0.5) is 11.4 Å². The Morgan fingerprint density at radius 3 is 1.89 bits per heavy atom. The van der Waals surface area contributed by atoms with Crippen molar-refractivity contribution in [2.24, 2.45) is 16.9 Å². The number of carbonyl (C=O) groups is 2. The standard InChI is InChI=1S/C35H33N3O7/c1-35(41)21-29(37-36-27-15-9-4-10-16-27)31(33(39)44-22-24-11-5-2-6-12-24)30(26-17-19-28(20-18-26)38(42)43)32(35)34(40)45-23-25-13-7-3-8-14-25/h2-20,30-32,36,41H,21-23H2,1H3/b37-29-/t30-,31-,32+,35+/m0/s1. The summed E-state index contributed by atoms with van der Waals surface area (Å²) in [5.74, 6) is -4.79. The minimum Gasteiger partial charge on any atom is -0.461 e. The lowest BCUT2D eigenvalue weighted by Gasteiger charge is -2.45. The number of nitro groups is 1. The molecule has 230 valence electrons. The van der Waals surface area contributed by atoms with Crippen LogP contribution in [0.2, 0.25) is 0 Å². The van der Waals surface area contributed by atoms with Gasteiger partial charge < -0.3 is 14.6 Å². The third kappa shape index (κ3) is 7.60. The molecular weight excluding hydrogens is 574 g/mol. The summed E-state index contributed by atoms with van der Waals surface area (Å²) in [6.07, 6.45) is -0.146. The van der Waals surface area contributed by atoms with Crippen molar-refractivity contribution in [2.75, 3.05) is 5.43 Å². The fourth-order valence-electron chi connectivity index (χ4n) is 5.65. The van der Waals surface area contributed by atoms with Crippen molar-refractivity contribution in [3.8, 4) is 0 Å². The molecule has 10 heteroatoms. The van der Waals surface area contributed by atoms with E-state index >= 15 is 0 Å². The summed E-state index contributed by atoms with van der Waals surface area (Å²) >= 11 is 0. The summed E-state index contributed by atoms with van der Waals surface area (Å²) in [5.41, 5.74) is 3.93. The van der Waals surface area contributed by atoms with Gasteiger partial charge in [-0.2, -0.15) is 5.10 Å². The second kappa shape index (κ2) is 14.0. The zero-order valence-electron chi connectivity index (χ0n) is 24.6. The number of hydrazone groups is 1. The first-order valence-electron chi connectivity index (χ1n) is 14.5. The zero-order valence-corrected chi connectivity index (χ0v) is 24.6. The normalized spacial score (nSPS) is 21.9. The second-order valence-electron chi connectivity index (χ2n) is 11.1. The van der Waals surface area contributed by atoms with Crippen LogP contribution in [0.5, 0.6) is 0 Å². The summed E-state index contributed by atoms with van der Waals surface area (Å²) < 4.78 is 11.5. The number of para-hydroxylation sites is 1. The molecule has 4 aromatic rings. The average Bonchev–Trinajstić information content (AvgIpc) is 3.06. The van der Waals surface area contributed by atoms with Gasteiger partial charge in [0.15, 0.2) is 0 Å². The molecule has 4 atom stereocenters. The number of nitrogens with one attached hydrogen (secondary N) is 1. The van der Waals surface area contributed by atoms with E-state index in [4.69, 9.17) is 9.47 Å². The number of hydrogen-bond acceptors (Lipinski definition) is 9. The molecule has 1 fully saturated rings. The summed E-state index contributed by atoms with van der Waals surface area (Å²) in [7, 11) is 0. The average molecular weight is 608 g/mol. The molecule has 0 bridgehead atoms. The van der Waals surface area contributed by atoms with Crippen molar-refractivity contribution in [2.45, 2.75) is 38.1 Å². The molecule has 5 rings (SSSR count). The molecule has 0 spiro atoms. The van der Waals surface area contributed by atoms with Gasteiger partial charge in [-0.25, -0.2) is 0 Å². The number of esters is 2. The second-order valence-corrected chi connectivity index (χ2v) is 11.1. The molecular formula is C35H33N3O7. The predicted molar refractivity (Wildman–Crippen MR) is 168 cm³/mol. The first-order chi connectivity index (χ1) is 21.7. The Bertz CT molecular complexity index is 1640. The molecule has 0 heterocycles. The maximum Gasteiger partial charge on any atom is 0.315 e. The van der Waals surface area contributed by atoms with Gasteiger partial charge in [-0.15, -0.1) is 0 Å². The van der Waals surface area contributed by atoms with E-state index in [2.05, 4.69) is 10.5 Å². The number of nitrogens with zero attached hydrogens (tertiary/aromatic N) is 2. The largest absolute Gasteiger partial charge is 0.461 e. The first-order valence-corrected chi connectivity index (χ1v) is 14.5. The maximum atomic E-state index is 14.0. The molecule has 0 aliphatic heterocycles. The third-order valence-corrected chi connectivity index (χ3v) is 7.83. The molecule has 10 nitrogen and oxygen atoms in total. The van der Waals surface area contributed by atoms with E-state index in [-0.39, 0.29) is 31.0 Å². The van der Waals surface area contributed by atoms with Gasteiger partial charge in [-0.1, -0.05) is 91.0 Å². The van der Waals surface area contributed by atoms with E-state index in [0.29, 0.717) is 11.3 Å². The number of non-ortho nitro benzene ring substituents is 1. The minimum atomic E-state index is -1.71. The number of benzene rings is 4. The van der Waals surface area contributed by atoms with Gasteiger partial charge in [0.1, 0.15) is 19.1 Å². The van der Waals surface area contributed by atoms with Gasteiger partial charge in [-0.05, 0) is 35.7 Å². The van der Waals surface area contributed by atoms with Gasteiger partial charge in [-0.3, -0.25) is 25.1 Å². The highest BCUT2D eigenvalue weighted by atomic mass is 16.6. The summed E-state index contributed by atoms with van der Waals surface area (Å²) in [4.78, 5) is 38.8. The number of ether oxygens (including phenoxy) is 2. The third-order valence-electron chi connectivity index (χ3n) is 7.83. The molecule has 1 aliphatic carbocycles. The fraction of sp³-hybridized carbons (Fsp3) is 0.229. The highest BCUT2D eigenvalue weighted by Crippen LogP contribution is 2.47. The molecule has 1 saturated carbocycles. The van der Waals surface area contributed by atoms with Gasteiger partial charge in [0.05, 0.1) is 27.8 Å². The number of nitro benzene ring substituents is 1. The van der Waals surface area contributed by atoms with Crippen LogP contribution in [-0.2, 0) is 32.3 Å². The Morgan fingerprint density at radius 1 is 0.844 bits per heavy atom. The topological polar surface area (TPSA) is 140 Å². The molecule has 45 heavy (non-hydrogen) atoms. The summed E-state index contributed by atoms with van der Waals surface area (Å²) in [6, 6.07) is 32.9. The lowest BCUT2D eigenvalue weighted by molar-refractivity contribution is -0.384. The van der Waals surface area contributed by atoms with Crippen molar-refractivity contribution >= 4 is 29.0 Å². The van der Waals surface area contributed by atoms with E-state index in [0.717, 1.165) is 11.1 Å². The smallest absolute Gasteiger partial charge is 0.315 e. The highest BCUT2D eigenvalue weighted by molar-refractivity contribution is 6.06. The van der Waals surface area contributed by atoms with Crippen LogP contribution in [0.25, 0.3) is 0 Å². The highest BCUT2D eigenvalue weighted by Gasteiger charge is 2.56. The van der Waals surface area contributed by atoms with E-state index in [1.54, 1.807) is 12.1 Å². The van der Waals surface area contributed by atoms with Crippen molar-refractivity contribution in [3.63, 3.8) is 0 Å². The van der Waals surface area contributed by atoms with Crippen molar-refractivity contribution in [3.05, 3.63) is 142 Å². The lowest BCUT2D eigenvalue weighted by Crippen LogP contribution is -2.55. The van der Waals surface area contributed by atoms with Crippen LogP contribution in [0.15, 0.2) is 120 Å². The first kappa shape index (κ1) is 31.1. The predicted octanol–water partition coefficient (Wildman–Crippen LogP) is 6.02. The van der Waals surface area contributed by atoms with Crippen LogP contribution in [-0.4, -0.2) is 33.3 Å². The molecule has 0 radical (unpaired) electrons. The lowest BCUT2D eigenvalue weighted by atomic mass is 9.61. The Morgan fingerprint density at radius 2 is 1.36 bits per heavy atom.